The predicted octanol–water partition coefficient (Wildman–Crippen LogP) is 4.44. The number of aromatic nitrogens is 3. The molecule has 4 aromatic rings. The summed E-state index contributed by atoms with van der Waals surface area (Å²) < 4.78 is 13.1. The molecule has 0 spiro atoms. The SMILES string of the molecule is CCOCc1nc2c(NC(=O)OCc3ccc(NC(=O)[C@H](CCCCN)NC(=O)[C@@H](NC)C(C)C)cc3)nc3ccccc3c2n1CC(C)(C)O. The quantitative estimate of drug-likeness (QED) is 0.0807. The summed E-state index contributed by atoms with van der Waals surface area (Å²) in [5.74, 6) is 0.301. The van der Waals surface area contributed by atoms with Crippen LogP contribution < -0.4 is 27.0 Å². The number of unbranched alkanes of at least 4 members (excludes halogenated alkanes) is 1. The van der Waals surface area contributed by atoms with Crippen LogP contribution >= 0.6 is 0 Å². The topological polar surface area (TPSA) is 195 Å². The summed E-state index contributed by atoms with van der Waals surface area (Å²) >= 11 is 0. The zero-order valence-corrected chi connectivity index (χ0v) is 30.4. The number of hydrogen-bond acceptors (Lipinski definition) is 10. The Hall–Kier alpha value is -4.63. The minimum atomic E-state index is -1.05. The number of rotatable bonds is 18. The summed E-state index contributed by atoms with van der Waals surface area (Å²) in [7, 11) is 1.72. The maximum Gasteiger partial charge on any atom is 0.413 e. The van der Waals surface area contributed by atoms with Gasteiger partial charge in [0.1, 0.15) is 30.6 Å². The van der Waals surface area contributed by atoms with Crippen molar-refractivity contribution in [2.24, 2.45) is 11.7 Å². The fraction of sp³-hybridized carbons (Fsp3) is 0.486. The smallest absolute Gasteiger partial charge is 0.413 e. The average Bonchev–Trinajstić information content (AvgIpc) is 3.43. The highest BCUT2D eigenvalue weighted by Crippen LogP contribution is 2.31. The molecular formula is C37H52N8O6. The fourth-order valence-electron chi connectivity index (χ4n) is 5.82. The molecule has 0 saturated carbocycles. The van der Waals surface area contributed by atoms with Gasteiger partial charge in [-0.25, -0.2) is 14.8 Å². The van der Waals surface area contributed by atoms with Crippen molar-refractivity contribution in [3.8, 4) is 0 Å². The molecule has 2 heterocycles. The lowest BCUT2D eigenvalue weighted by Crippen LogP contribution is -2.52. The molecule has 2 atom stereocenters. The van der Waals surface area contributed by atoms with Gasteiger partial charge in [-0.3, -0.25) is 14.9 Å². The number of nitrogens with two attached hydrogens (primary N) is 1. The second-order valence-corrected chi connectivity index (χ2v) is 13.5. The first kappa shape index (κ1) is 39.2. The zero-order chi connectivity index (χ0) is 37.1. The summed E-state index contributed by atoms with van der Waals surface area (Å²) in [6.45, 7) is 10.6. The maximum atomic E-state index is 13.2. The molecule has 0 bridgehead atoms. The van der Waals surface area contributed by atoms with E-state index in [0.717, 1.165) is 11.8 Å². The van der Waals surface area contributed by atoms with E-state index in [4.69, 9.17) is 20.2 Å². The third-order valence-electron chi connectivity index (χ3n) is 8.29. The van der Waals surface area contributed by atoms with E-state index >= 15 is 0 Å². The number of para-hydroxylation sites is 1. The maximum absolute atomic E-state index is 13.2. The molecule has 0 aliphatic carbocycles. The van der Waals surface area contributed by atoms with E-state index in [9.17, 15) is 19.5 Å². The van der Waals surface area contributed by atoms with Crippen LogP contribution in [0.5, 0.6) is 0 Å². The number of hydrogen-bond donors (Lipinski definition) is 6. The highest BCUT2D eigenvalue weighted by molar-refractivity contribution is 6.09. The third kappa shape index (κ3) is 10.7. The highest BCUT2D eigenvalue weighted by Gasteiger charge is 2.27. The van der Waals surface area contributed by atoms with Crippen LogP contribution in [0.4, 0.5) is 16.3 Å². The number of nitrogens with one attached hydrogen (secondary N) is 4. The van der Waals surface area contributed by atoms with Crippen molar-refractivity contribution in [3.63, 3.8) is 0 Å². The Labute approximate surface area is 298 Å². The van der Waals surface area contributed by atoms with Gasteiger partial charge in [-0.05, 0) is 83.3 Å². The van der Waals surface area contributed by atoms with Crippen LogP contribution in [0, 0.1) is 5.92 Å². The molecule has 51 heavy (non-hydrogen) atoms. The Kier molecular flexibility index (Phi) is 13.9. The van der Waals surface area contributed by atoms with Crippen molar-refractivity contribution in [1.82, 2.24) is 25.2 Å². The van der Waals surface area contributed by atoms with E-state index in [2.05, 4.69) is 26.3 Å². The number of benzene rings is 2. The summed E-state index contributed by atoms with van der Waals surface area (Å²) in [6.07, 6.45) is 1.16. The lowest BCUT2D eigenvalue weighted by Gasteiger charge is -2.24. The van der Waals surface area contributed by atoms with Gasteiger partial charge in [0.15, 0.2) is 5.82 Å². The van der Waals surface area contributed by atoms with E-state index < -0.39 is 23.8 Å². The van der Waals surface area contributed by atoms with E-state index in [-0.39, 0.29) is 43.3 Å². The molecule has 3 amide bonds. The van der Waals surface area contributed by atoms with Crippen molar-refractivity contribution >= 4 is 51.3 Å². The average molecular weight is 705 g/mol. The molecule has 14 heteroatoms. The fourth-order valence-corrected chi connectivity index (χ4v) is 5.82. The molecule has 0 aliphatic heterocycles. The van der Waals surface area contributed by atoms with Gasteiger partial charge in [-0.15, -0.1) is 0 Å². The first-order valence-electron chi connectivity index (χ1n) is 17.4. The van der Waals surface area contributed by atoms with Gasteiger partial charge in [-0.2, -0.15) is 0 Å². The number of carbonyl (C=O) groups is 3. The number of nitrogens with zero attached hydrogens (tertiary/aromatic N) is 3. The summed E-state index contributed by atoms with van der Waals surface area (Å²) in [6, 6.07) is 13.3. The standard InChI is InChI=1S/C37H52N8O6/c1-7-50-21-29-43-31-32(45(29)22-37(4,5)49)26-12-8-9-13-27(26)41-33(31)44-36(48)51-20-24-15-17-25(18-16-24)40-34(46)28(14-10-11-19-38)42-35(47)30(39-6)23(2)3/h8-9,12-13,15-18,23,28,30,39,49H,7,10-11,14,19-22,38H2,1-6H3,(H,40,46)(H,42,47)(H,41,44,48)/t28-,30-/m0/s1. The van der Waals surface area contributed by atoms with Crippen molar-refractivity contribution in [2.45, 2.75) is 91.3 Å². The lowest BCUT2D eigenvalue weighted by molar-refractivity contribution is -0.128. The predicted molar refractivity (Wildman–Crippen MR) is 198 cm³/mol. The van der Waals surface area contributed by atoms with Crippen LogP contribution in [-0.2, 0) is 38.8 Å². The van der Waals surface area contributed by atoms with Crippen molar-refractivity contribution in [2.75, 3.05) is 30.8 Å². The van der Waals surface area contributed by atoms with Gasteiger partial charge < -0.3 is 40.8 Å². The highest BCUT2D eigenvalue weighted by atomic mass is 16.5. The first-order valence-corrected chi connectivity index (χ1v) is 17.4. The van der Waals surface area contributed by atoms with Crippen LogP contribution in [0.25, 0.3) is 21.9 Å². The first-order chi connectivity index (χ1) is 24.3. The van der Waals surface area contributed by atoms with Crippen LogP contribution in [0.2, 0.25) is 0 Å². The van der Waals surface area contributed by atoms with E-state index in [0.29, 0.717) is 59.6 Å². The number of imidazole rings is 1. The van der Waals surface area contributed by atoms with Gasteiger partial charge in [0.25, 0.3) is 0 Å². The Balaban J connectivity index is 1.45. The second-order valence-electron chi connectivity index (χ2n) is 13.5. The molecule has 2 aromatic heterocycles. The van der Waals surface area contributed by atoms with Crippen LogP contribution in [0.3, 0.4) is 0 Å². The normalized spacial score (nSPS) is 13.0. The van der Waals surface area contributed by atoms with Crippen molar-refractivity contribution < 1.29 is 29.0 Å². The van der Waals surface area contributed by atoms with Gasteiger partial charge >= 0.3 is 6.09 Å². The molecule has 2 aromatic carbocycles. The Morgan fingerprint density at radius 2 is 1.71 bits per heavy atom. The van der Waals surface area contributed by atoms with Gasteiger partial charge in [0.2, 0.25) is 11.8 Å². The number of amides is 3. The zero-order valence-electron chi connectivity index (χ0n) is 30.4. The minimum absolute atomic E-state index is 0.0438. The van der Waals surface area contributed by atoms with Gasteiger partial charge in [-0.1, -0.05) is 44.2 Å². The second kappa shape index (κ2) is 18.0. The monoisotopic (exact) mass is 704 g/mol. The number of carbonyl (C=O) groups excluding carboxylic acids is 3. The number of aliphatic hydroxyl groups is 1. The van der Waals surface area contributed by atoms with E-state index in [1.807, 2.05) is 49.6 Å². The van der Waals surface area contributed by atoms with Gasteiger partial charge in [0, 0.05) is 17.7 Å². The molecule has 0 saturated heterocycles. The van der Waals surface area contributed by atoms with Crippen LogP contribution in [0.1, 0.15) is 65.3 Å². The Morgan fingerprint density at radius 1 is 0.980 bits per heavy atom. The molecule has 276 valence electrons. The summed E-state index contributed by atoms with van der Waals surface area (Å²) in [5, 5.41) is 23.1. The Morgan fingerprint density at radius 3 is 2.35 bits per heavy atom. The van der Waals surface area contributed by atoms with Crippen LogP contribution in [-0.4, -0.2) is 75.4 Å². The van der Waals surface area contributed by atoms with Crippen molar-refractivity contribution in [1.29, 1.82) is 0 Å². The third-order valence-corrected chi connectivity index (χ3v) is 8.29. The largest absolute Gasteiger partial charge is 0.444 e. The molecule has 14 nitrogen and oxygen atoms in total. The molecule has 0 aliphatic rings. The van der Waals surface area contributed by atoms with Crippen molar-refractivity contribution in [3.05, 3.63) is 59.9 Å². The number of likely N-dealkylation sites (N-methyl/N-ethyl adjacent to an activating group) is 1. The lowest BCUT2D eigenvalue weighted by atomic mass is 10.0. The molecule has 7 N–H and O–H groups in total. The number of anilines is 2. The molecule has 0 unspecified atom stereocenters. The number of fused-ring (bicyclic) bond motifs is 3. The summed E-state index contributed by atoms with van der Waals surface area (Å²) in [5.41, 5.74) is 7.64. The molecule has 0 radical (unpaired) electrons. The molecule has 0 fully saturated rings. The Bertz CT molecular complexity index is 1780. The van der Waals surface area contributed by atoms with E-state index in [1.165, 1.54) is 0 Å². The summed E-state index contributed by atoms with van der Waals surface area (Å²) in [4.78, 5) is 48.7. The van der Waals surface area contributed by atoms with E-state index in [1.54, 1.807) is 45.2 Å². The van der Waals surface area contributed by atoms with Gasteiger partial charge in [0.05, 0.1) is 29.2 Å². The number of pyridine rings is 1. The minimum Gasteiger partial charge on any atom is -0.444 e. The molecular weight excluding hydrogens is 652 g/mol. The number of ether oxygens (including phenoxy) is 2. The van der Waals surface area contributed by atoms with Crippen LogP contribution in [0.15, 0.2) is 48.5 Å². The molecule has 4 rings (SSSR count).